The first-order valence-electron chi connectivity index (χ1n) is 7.13. The van der Waals surface area contributed by atoms with Crippen molar-refractivity contribution < 1.29 is 30.3 Å². The van der Waals surface area contributed by atoms with Gasteiger partial charge in [0.1, 0.15) is 31.0 Å². The highest BCUT2D eigenvalue weighted by Gasteiger charge is 2.29. The van der Waals surface area contributed by atoms with E-state index in [0.29, 0.717) is 6.21 Å². The van der Waals surface area contributed by atoms with Crippen LogP contribution in [0.4, 0.5) is 0 Å². The molecule has 7 N–H and O–H groups in total. The Labute approximate surface area is 140 Å². The summed E-state index contributed by atoms with van der Waals surface area (Å²) >= 11 is 0. The SMILES string of the molecule is Cc1cn(CC(=O)N/N=C/[C@H](O)[C@@H](O)[C@H](O)[C@H](O)CO)c(=O)[nH]c1=O. The molecule has 0 unspecified atom stereocenters. The maximum atomic E-state index is 11.7. The number of hydrazone groups is 1. The van der Waals surface area contributed by atoms with Crippen molar-refractivity contribution in [1.29, 1.82) is 0 Å². The lowest BCUT2D eigenvalue weighted by Crippen LogP contribution is -2.46. The second-order valence-electron chi connectivity index (χ2n) is 5.23. The predicted molar refractivity (Wildman–Crippen MR) is 83.8 cm³/mol. The molecule has 12 heteroatoms. The Morgan fingerprint density at radius 3 is 2.56 bits per heavy atom. The Bertz CT molecular complexity index is 727. The zero-order valence-electron chi connectivity index (χ0n) is 13.2. The van der Waals surface area contributed by atoms with E-state index in [4.69, 9.17) is 10.2 Å². The van der Waals surface area contributed by atoms with Gasteiger partial charge in [0.25, 0.3) is 11.5 Å². The lowest BCUT2D eigenvalue weighted by molar-refractivity contribution is -0.121. The summed E-state index contributed by atoms with van der Waals surface area (Å²) in [6, 6.07) is 0. The third kappa shape index (κ3) is 5.88. The molecule has 1 heterocycles. The second-order valence-corrected chi connectivity index (χ2v) is 5.23. The van der Waals surface area contributed by atoms with Gasteiger partial charge in [-0.05, 0) is 6.92 Å². The molecule has 0 aliphatic heterocycles. The number of carbonyl (C=O) groups excluding carboxylic acids is 1. The third-order valence-corrected chi connectivity index (χ3v) is 3.20. The summed E-state index contributed by atoms with van der Waals surface area (Å²) in [6.45, 7) is 0.166. The molecule has 140 valence electrons. The summed E-state index contributed by atoms with van der Waals surface area (Å²) in [6.07, 6.45) is -5.21. The summed E-state index contributed by atoms with van der Waals surface area (Å²) in [4.78, 5) is 36.4. The van der Waals surface area contributed by atoms with Crippen LogP contribution >= 0.6 is 0 Å². The van der Waals surface area contributed by atoms with Crippen LogP contribution in [0.3, 0.4) is 0 Å². The molecular weight excluding hydrogens is 340 g/mol. The van der Waals surface area contributed by atoms with E-state index in [-0.39, 0.29) is 5.56 Å². The molecule has 1 rings (SSSR count). The van der Waals surface area contributed by atoms with Crippen LogP contribution in [0.1, 0.15) is 5.56 Å². The fourth-order valence-corrected chi connectivity index (χ4v) is 1.74. The van der Waals surface area contributed by atoms with Gasteiger partial charge in [0.05, 0.1) is 12.8 Å². The third-order valence-electron chi connectivity index (χ3n) is 3.20. The van der Waals surface area contributed by atoms with Crippen LogP contribution in [0.15, 0.2) is 20.9 Å². The van der Waals surface area contributed by atoms with Gasteiger partial charge >= 0.3 is 5.69 Å². The standard InChI is InChI=1S/C13H20N4O8/c1-6-3-17(13(25)15-12(6)24)4-9(21)16-14-2-7(19)10(22)11(23)8(20)5-18/h2-3,7-8,10-11,18-20,22-23H,4-5H2,1H3,(H,16,21)(H,15,24,25)/b14-2+/t7-,8+,10+,11+/m0/s1. The van der Waals surface area contributed by atoms with Crippen LogP contribution in [-0.2, 0) is 11.3 Å². The molecule has 1 aromatic heterocycles. The number of H-pyrrole nitrogens is 1. The number of amides is 1. The highest BCUT2D eigenvalue weighted by molar-refractivity contribution is 5.77. The number of aromatic nitrogens is 2. The maximum absolute atomic E-state index is 11.7. The van der Waals surface area contributed by atoms with Crippen LogP contribution in [0.2, 0.25) is 0 Å². The maximum Gasteiger partial charge on any atom is 0.328 e. The van der Waals surface area contributed by atoms with E-state index in [2.05, 4.69) is 5.10 Å². The van der Waals surface area contributed by atoms with Gasteiger partial charge in [0.2, 0.25) is 0 Å². The first kappa shape index (κ1) is 20.7. The summed E-state index contributed by atoms with van der Waals surface area (Å²) in [5, 5.41) is 49.6. The average Bonchev–Trinajstić information content (AvgIpc) is 2.57. The van der Waals surface area contributed by atoms with Crippen LogP contribution in [-0.4, -0.2) is 78.2 Å². The zero-order valence-corrected chi connectivity index (χ0v) is 13.2. The molecule has 0 radical (unpaired) electrons. The molecule has 0 aromatic carbocycles. The summed E-state index contributed by atoms with van der Waals surface area (Å²) in [5.41, 5.74) is 0.847. The number of aromatic amines is 1. The minimum absolute atomic E-state index is 0.228. The predicted octanol–water partition coefficient (Wildman–Crippen LogP) is -4.62. The first-order chi connectivity index (χ1) is 11.7. The highest BCUT2D eigenvalue weighted by Crippen LogP contribution is 2.03. The zero-order chi connectivity index (χ0) is 19.1. The monoisotopic (exact) mass is 360 g/mol. The topological polar surface area (TPSA) is 197 Å². The molecular formula is C13H20N4O8. The van der Waals surface area contributed by atoms with Crippen molar-refractivity contribution in [2.24, 2.45) is 5.10 Å². The van der Waals surface area contributed by atoms with Crippen molar-refractivity contribution in [2.75, 3.05) is 6.61 Å². The Balaban J connectivity index is 2.61. The van der Waals surface area contributed by atoms with E-state index >= 15 is 0 Å². The quantitative estimate of drug-likeness (QED) is 0.177. The molecule has 1 amide bonds. The van der Waals surface area contributed by atoms with Crippen molar-refractivity contribution in [3.05, 3.63) is 32.6 Å². The van der Waals surface area contributed by atoms with Crippen LogP contribution < -0.4 is 16.7 Å². The van der Waals surface area contributed by atoms with Gasteiger partial charge in [-0.25, -0.2) is 10.2 Å². The molecule has 0 fully saturated rings. The van der Waals surface area contributed by atoms with Crippen molar-refractivity contribution in [2.45, 2.75) is 37.9 Å². The minimum atomic E-state index is -1.85. The van der Waals surface area contributed by atoms with Gasteiger partial charge in [-0.15, -0.1) is 0 Å². The van der Waals surface area contributed by atoms with Gasteiger partial charge in [-0.2, -0.15) is 5.10 Å². The number of aliphatic hydroxyl groups is 5. The number of rotatable bonds is 8. The van der Waals surface area contributed by atoms with Gasteiger partial charge in [-0.1, -0.05) is 0 Å². The molecule has 0 aliphatic rings. The number of aliphatic hydroxyl groups excluding tert-OH is 5. The van der Waals surface area contributed by atoms with Gasteiger partial charge in [-0.3, -0.25) is 19.1 Å². The number of hydrogen-bond acceptors (Lipinski definition) is 9. The Morgan fingerprint density at radius 1 is 1.32 bits per heavy atom. The Hall–Kier alpha value is -2.38. The fourth-order valence-electron chi connectivity index (χ4n) is 1.74. The number of carbonyl (C=O) groups is 1. The number of nitrogens with one attached hydrogen (secondary N) is 2. The summed E-state index contributed by atoms with van der Waals surface area (Å²) in [5.74, 6) is -0.762. The summed E-state index contributed by atoms with van der Waals surface area (Å²) < 4.78 is 0.939. The normalized spacial score (nSPS) is 16.4. The molecule has 0 bridgehead atoms. The van der Waals surface area contributed by atoms with Crippen molar-refractivity contribution >= 4 is 12.1 Å². The van der Waals surface area contributed by atoms with E-state index < -0.39 is 54.7 Å². The molecule has 0 saturated carbocycles. The van der Waals surface area contributed by atoms with Crippen LogP contribution in [0.25, 0.3) is 0 Å². The lowest BCUT2D eigenvalue weighted by atomic mass is 10.0. The summed E-state index contributed by atoms with van der Waals surface area (Å²) in [7, 11) is 0. The number of nitrogens with zero attached hydrogens (tertiary/aromatic N) is 2. The highest BCUT2D eigenvalue weighted by atomic mass is 16.4. The van der Waals surface area contributed by atoms with Gasteiger partial charge < -0.3 is 25.5 Å². The molecule has 0 spiro atoms. The van der Waals surface area contributed by atoms with Crippen molar-refractivity contribution in [1.82, 2.24) is 15.0 Å². The molecule has 25 heavy (non-hydrogen) atoms. The second kappa shape index (κ2) is 9.19. The van der Waals surface area contributed by atoms with Gasteiger partial charge in [0.15, 0.2) is 0 Å². The largest absolute Gasteiger partial charge is 0.394 e. The van der Waals surface area contributed by atoms with Crippen molar-refractivity contribution in [3.63, 3.8) is 0 Å². The molecule has 4 atom stereocenters. The van der Waals surface area contributed by atoms with E-state index in [0.717, 1.165) is 4.57 Å². The number of hydrogen-bond donors (Lipinski definition) is 7. The van der Waals surface area contributed by atoms with Gasteiger partial charge in [0, 0.05) is 11.8 Å². The van der Waals surface area contributed by atoms with E-state index in [1.54, 1.807) is 0 Å². The Morgan fingerprint density at radius 2 is 1.96 bits per heavy atom. The lowest BCUT2D eigenvalue weighted by Gasteiger charge is -2.23. The molecule has 0 aliphatic carbocycles. The minimum Gasteiger partial charge on any atom is -0.394 e. The average molecular weight is 360 g/mol. The van der Waals surface area contributed by atoms with E-state index in [9.17, 15) is 29.7 Å². The van der Waals surface area contributed by atoms with Crippen LogP contribution in [0.5, 0.6) is 0 Å². The molecule has 12 nitrogen and oxygen atoms in total. The first-order valence-corrected chi connectivity index (χ1v) is 7.13. The van der Waals surface area contributed by atoms with Crippen LogP contribution in [0, 0.1) is 6.92 Å². The van der Waals surface area contributed by atoms with Crippen molar-refractivity contribution in [3.8, 4) is 0 Å². The van der Waals surface area contributed by atoms with E-state index in [1.807, 2.05) is 10.4 Å². The Kier molecular flexibility index (Phi) is 7.60. The molecule has 0 saturated heterocycles. The van der Waals surface area contributed by atoms with E-state index in [1.165, 1.54) is 13.1 Å². The number of aryl methyl sites for hydroxylation is 1. The fraction of sp³-hybridized carbons (Fsp3) is 0.538. The smallest absolute Gasteiger partial charge is 0.328 e. The molecule has 1 aromatic rings.